The number of nitrogens with zero attached hydrogens (tertiary/aromatic N) is 3. The molecule has 4 aromatic rings. The van der Waals surface area contributed by atoms with E-state index in [0.29, 0.717) is 26.2 Å². The maximum atomic E-state index is 12.5. The van der Waals surface area contributed by atoms with Gasteiger partial charge in [-0.15, -0.1) is 0 Å². The summed E-state index contributed by atoms with van der Waals surface area (Å²) in [5, 5.41) is 3.02. The van der Waals surface area contributed by atoms with Gasteiger partial charge in [0.1, 0.15) is 11.4 Å². The Kier molecular flexibility index (Phi) is 5.46. The highest BCUT2D eigenvalue weighted by molar-refractivity contribution is 6.08. The number of pyridine rings is 1. The standard InChI is InChI=1S/C25H23N3O4/c29-23(28-13-11-27(12-14-28)22-7-3-4-10-26-22)17-32-24(30)15-19-16-31-21-9-8-18-5-1-2-6-20(18)25(19)21/h1-10,16H,11-15,17H2. The van der Waals surface area contributed by atoms with Crippen LogP contribution in [-0.2, 0) is 20.7 Å². The molecule has 162 valence electrons. The molecule has 1 saturated heterocycles. The van der Waals surface area contributed by atoms with Gasteiger partial charge in [0.15, 0.2) is 6.61 Å². The van der Waals surface area contributed by atoms with Crippen molar-refractivity contribution < 1.29 is 18.7 Å². The zero-order chi connectivity index (χ0) is 21.9. The van der Waals surface area contributed by atoms with E-state index < -0.39 is 5.97 Å². The molecule has 32 heavy (non-hydrogen) atoms. The summed E-state index contributed by atoms with van der Waals surface area (Å²) in [7, 11) is 0. The second-order valence-corrected chi connectivity index (χ2v) is 7.81. The summed E-state index contributed by atoms with van der Waals surface area (Å²) >= 11 is 0. The molecule has 1 amide bonds. The number of rotatable bonds is 5. The van der Waals surface area contributed by atoms with Crippen molar-refractivity contribution in [3.63, 3.8) is 0 Å². The van der Waals surface area contributed by atoms with Gasteiger partial charge < -0.3 is 19.0 Å². The van der Waals surface area contributed by atoms with Crippen molar-refractivity contribution in [3.8, 4) is 0 Å². The first-order valence-electron chi connectivity index (χ1n) is 10.7. The zero-order valence-electron chi connectivity index (χ0n) is 17.6. The van der Waals surface area contributed by atoms with Crippen molar-refractivity contribution >= 4 is 39.4 Å². The molecule has 0 unspecified atom stereocenters. The Balaban J connectivity index is 1.17. The van der Waals surface area contributed by atoms with E-state index in [1.807, 2.05) is 54.6 Å². The normalized spacial score (nSPS) is 14.1. The van der Waals surface area contributed by atoms with E-state index in [1.54, 1.807) is 17.4 Å². The number of hydrogen-bond donors (Lipinski definition) is 0. The van der Waals surface area contributed by atoms with E-state index in [0.717, 1.165) is 33.1 Å². The van der Waals surface area contributed by atoms with Crippen LogP contribution in [0.1, 0.15) is 5.56 Å². The van der Waals surface area contributed by atoms with Crippen LogP contribution in [0.5, 0.6) is 0 Å². The average Bonchev–Trinajstić information content (AvgIpc) is 3.26. The molecule has 0 saturated carbocycles. The van der Waals surface area contributed by atoms with Crippen molar-refractivity contribution in [2.75, 3.05) is 37.7 Å². The first kappa shape index (κ1) is 20.1. The number of benzene rings is 2. The predicted molar refractivity (Wildman–Crippen MR) is 121 cm³/mol. The Bertz CT molecular complexity index is 1260. The Morgan fingerprint density at radius 3 is 2.59 bits per heavy atom. The molecule has 2 aromatic heterocycles. The van der Waals surface area contributed by atoms with Crippen LogP contribution >= 0.6 is 0 Å². The molecule has 0 spiro atoms. The Labute approximate surface area is 185 Å². The number of carbonyl (C=O) groups is 2. The van der Waals surface area contributed by atoms with E-state index in [1.165, 1.54) is 0 Å². The van der Waals surface area contributed by atoms with E-state index >= 15 is 0 Å². The minimum absolute atomic E-state index is 0.0573. The molecule has 2 aromatic carbocycles. The monoisotopic (exact) mass is 429 g/mol. The van der Waals surface area contributed by atoms with Gasteiger partial charge in [-0.25, -0.2) is 4.98 Å². The van der Waals surface area contributed by atoms with Crippen LogP contribution in [0.15, 0.2) is 71.5 Å². The number of fused-ring (bicyclic) bond motifs is 3. The second-order valence-electron chi connectivity index (χ2n) is 7.81. The zero-order valence-corrected chi connectivity index (χ0v) is 17.6. The van der Waals surface area contributed by atoms with Crippen LogP contribution < -0.4 is 4.90 Å². The number of esters is 1. The highest BCUT2D eigenvalue weighted by Gasteiger charge is 2.23. The van der Waals surface area contributed by atoms with Gasteiger partial charge in [-0.1, -0.05) is 36.4 Å². The number of furan rings is 1. The van der Waals surface area contributed by atoms with Crippen LogP contribution in [0.3, 0.4) is 0 Å². The number of amides is 1. The fourth-order valence-corrected chi connectivity index (χ4v) is 4.17. The molecule has 1 aliphatic heterocycles. The van der Waals surface area contributed by atoms with Crippen molar-refractivity contribution in [1.29, 1.82) is 0 Å². The van der Waals surface area contributed by atoms with Gasteiger partial charge in [-0.05, 0) is 29.0 Å². The smallest absolute Gasteiger partial charge is 0.310 e. The summed E-state index contributed by atoms with van der Waals surface area (Å²) in [5.41, 5.74) is 1.49. The molecule has 1 aliphatic rings. The van der Waals surface area contributed by atoms with Gasteiger partial charge in [0.25, 0.3) is 5.91 Å². The molecular weight excluding hydrogens is 406 g/mol. The van der Waals surface area contributed by atoms with Crippen molar-refractivity contribution in [2.45, 2.75) is 6.42 Å². The van der Waals surface area contributed by atoms with Crippen molar-refractivity contribution in [2.24, 2.45) is 0 Å². The fourth-order valence-electron chi connectivity index (χ4n) is 4.17. The minimum Gasteiger partial charge on any atom is -0.464 e. The number of piperazine rings is 1. The van der Waals surface area contributed by atoms with Gasteiger partial charge >= 0.3 is 5.97 Å². The molecule has 0 bridgehead atoms. The Morgan fingerprint density at radius 1 is 0.969 bits per heavy atom. The lowest BCUT2D eigenvalue weighted by atomic mass is 10.0. The highest BCUT2D eigenvalue weighted by atomic mass is 16.5. The molecule has 7 heteroatoms. The fraction of sp³-hybridized carbons (Fsp3) is 0.240. The van der Waals surface area contributed by atoms with Crippen molar-refractivity contribution in [3.05, 3.63) is 72.6 Å². The second kappa shape index (κ2) is 8.70. The van der Waals surface area contributed by atoms with Crippen LogP contribution in [-0.4, -0.2) is 54.5 Å². The summed E-state index contributed by atoms with van der Waals surface area (Å²) in [4.78, 5) is 33.2. The molecule has 0 radical (unpaired) electrons. The van der Waals surface area contributed by atoms with E-state index in [2.05, 4.69) is 9.88 Å². The predicted octanol–water partition coefficient (Wildman–Crippen LogP) is 3.42. The van der Waals surface area contributed by atoms with Crippen LogP contribution in [0.4, 0.5) is 5.82 Å². The van der Waals surface area contributed by atoms with Gasteiger partial charge in [0.05, 0.1) is 12.7 Å². The summed E-state index contributed by atoms with van der Waals surface area (Å²) in [6, 6.07) is 17.7. The first-order valence-corrected chi connectivity index (χ1v) is 10.7. The summed E-state index contributed by atoms with van der Waals surface area (Å²) < 4.78 is 10.9. The lowest BCUT2D eigenvalue weighted by Crippen LogP contribution is -2.50. The van der Waals surface area contributed by atoms with Gasteiger partial charge in [-0.3, -0.25) is 9.59 Å². The lowest BCUT2D eigenvalue weighted by Gasteiger charge is -2.35. The number of hydrogen-bond acceptors (Lipinski definition) is 6. The van der Waals surface area contributed by atoms with Crippen LogP contribution in [0.25, 0.3) is 21.7 Å². The number of ether oxygens (including phenoxy) is 1. The number of anilines is 1. The molecule has 0 atom stereocenters. The summed E-state index contributed by atoms with van der Waals surface area (Å²) in [5.74, 6) is 0.286. The summed E-state index contributed by atoms with van der Waals surface area (Å²) in [6.07, 6.45) is 3.41. The number of aromatic nitrogens is 1. The molecule has 5 rings (SSSR count). The topological polar surface area (TPSA) is 75.9 Å². The molecule has 0 N–H and O–H groups in total. The third-order valence-corrected chi connectivity index (χ3v) is 5.84. The van der Waals surface area contributed by atoms with E-state index in [-0.39, 0.29) is 18.9 Å². The molecule has 1 fully saturated rings. The Morgan fingerprint density at radius 2 is 1.78 bits per heavy atom. The van der Waals surface area contributed by atoms with Crippen LogP contribution in [0.2, 0.25) is 0 Å². The van der Waals surface area contributed by atoms with Crippen LogP contribution in [0, 0.1) is 0 Å². The third kappa shape index (κ3) is 4.01. The lowest BCUT2D eigenvalue weighted by molar-refractivity contribution is -0.151. The Hall–Kier alpha value is -3.87. The SMILES string of the molecule is O=C(Cc1coc2ccc3ccccc3c12)OCC(=O)N1CCN(c2ccccn2)CC1. The molecule has 3 heterocycles. The maximum absolute atomic E-state index is 12.5. The average molecular weight is 429 g/mol. The highest BCUT2D eigenvalue weighted by Crippen LogP contribution is 2.30. The molecule has 7 nitrogen and oxygen atoms in total. The molecular formula is C25H23N3O4. The first-order chi connectivity index (χ1) is 15.7. The van der Waals surface area contributed by atoms with E-state index in [4.69, 9.17) is 9.15 Å². The minimum atomic E-state index is -0.443. The quantitative estimate of drug-likeness (QED) is 0.453. The number of carbonyl (C=O) groups excluding carboxylic acids is 2. The van der Waals surface area contributed by atoms with Crippen molar-refractivity contribution in [1.82, 2.24) is 9.88 Å². The third-order valence-electron chi connectivity index (χ3n) is 5.84. The maximum Gasteiger partial charge on any atom is 0.310 e. The molecule has 0 aliphatic carbocycles. The summed E-state index contributed by atoms with van der Waals surface area (Å²) in [6.45, 7) is 2.30. The van der Waals surface area contributed by atoms with E-state index in [9.17, 15) is 9.59 Å². The van der Waals surface area contributed by atoms with Gasteiger partial charge in [0.2, 0.25) is 0 Å². The largest absolute Gasteiger partial charge is 0.464 e. The van der Waals surface area contributed by atoms with Gasteiger partial charge in [0, 0.05) is 43.3 Å². The van der Waals surface area contributed by atoms with Gasteiger partial charge in [-0.2, -0.15) is 0 Å².